The molecule has 1 aliphatic rings. The molecule has 3 rings (SSSR count). The molecule has 0 spiro atoms. The van der Waals surface area contributed by atoms with Crippen LogP contribution in [-0.4, -0.2) is 10.2 Å². The van der Waals surface area contributed by atoms with Crippen LogP contribution in [0.1, 0.15) is 57.1 Å². The summed E-state index contributed by atoms with van der Waals surface area (Å²) in [5, 5.41) is 19.2. The highest BCUT2D eigenvalue weighted by Gasteiger charge is 2.45. The third kappa shape index (κ3) is 3.15. The van der Waals surface area contributed by atoms with Gasteiger partial charge in [0.15, 0.2) is 0 Å². The molecule has 2 aromatic rings. The molecule has 0 aliphatic heterocycles. The molecule has 128 valence electrons. The van der Waals surface area contributed by atoms with Crippen LogP contribution in [0.25, 0.3) is 0 Å². The van der Waals surface area contributed by atoms with Crippen LogP contribution in [-0.2, 0) is 5.41 Å². The summed E-state index contributed by atoms with van der Waals surface area (Å²) in [7, 11) is 0. The predicted octanol–water partition coefficient (Wildman–Crippen LogP) is 5.60. The molecule has 2 aromatic carbocycles. The zero-order valence-corrected chi connectivity index (χ0v) is 14.9. The van der Waals surface area contributed by atoms with E-state index in [0.717, 1.165) is 12.3 Å². The first-order chi connectivity index (χ1) is 11.4. The van der Waals surface area contributed by atoms with Gasteiger partial charge in [0.2, 0.25) is 0 Å². The van der Waals surface area contributed by atoms with Crippen molar-refractivity contribution in [3.05, 3.63) is 59.7 Å². The monoisotopic (exact) mass is 324 g/mol. The van der Waals surface area contributed by atoms with Crippen molar-refractivity contribution in [2.75, 3.05) is 0 Å². The van der Waals surface area contributed by atoms with Crippen molar-refractivity contribution in [3.63, 3.8) is 0 Å². The molecule has 0 aromatic heterocycles. The normalized spacial score (nSPS) is 28.0. The summed E-state index contributed by atoms with van der Waals surface area (Å²) >= 11 is 0. The van der Waals surface area contributed by atoms with E-state index in [9.17, 15) is 10.2 Å². The SMILES string of the molecule is CC1CC(C)C(CC(C)c2ccc(O)cc2)(c2ccc(O)cc2)C1. The van der Waals surface area contributed by atoms with Gasteiger partial charge >= 0.3 is 0 Å². The Morgan fingerprint density at radius 1 is 0.958 bits per heavy atom. The third-order valence-corrected chi connectivity index (χ3v) is 5.99. The Labute approximate surface area is 145 Å². The summed E-state index contributed by atoms with van der Waals surface area (Å²) in [4.78, 5) is 0. The molecule has 0 radical (unpaired) electrons. The van der Waals surface area contributed by atoms with Gasteiger partial charge in [0.25, 0.3) is 0 Å². The molecule has 2 nitrogen and oxygen atoms in total. The van der Waals surface area contributed by atoms with Crippen molar-refractivity contribution in [1.29, 1.82) is 0 Å². The lowest BCUT2D eigenvalue weighted by atomic mass is 9.67. The van der Waals surface area contributed by atoms with Crippen molar-refractivity contribution in [1.82, 2.24) is 0 Å². The fraction of sp³-hybridized carbons (Fsp3) is 0.455. The highest BCUT2D eigenvalue weighted by Crippen LogP contribution is 2.53. The summed E-state index contributed by atoms with van der Waals surface area (Å²) in [6.07, 6.45) is 3.54. The summed E-state index contributed by atoms with van der Waals surface area (Å²) in [5.41, 5.74) is 2.78. The Balaban J connectivity index is 1.93. The van der Waals surface area contributed by atoms with Crippen LogP contribution in [0.3, 0.4) is 0 Å². The molecular formula is C22H28O2. The second-order valence-corrected chi connectivity index (χ2v) is 7.85. The summed E-state index contributed by atoms with van der Waals surface area (Å²) < 4.78 is 0. The maximum absolute atomic E-state index is 9.66. The second kappa shape index (κ2) is 6.51. The van der Waals surface area contributed by atoms with E-state index in [-0.39, 0.29) is 5.41 Å². The molecule has 0 heterocycles. The van der Waals surface area contributed by atoms with Crippen molar-refractivity contribution >= 4 is 0 Å². The Morgan fingerprint density at radius 3 is 2.00 bits per heavy atom. The fourth-order valence-electron chi connectivity index (χ4n) is 4.80. The second-order valence-electron chi connectivity index (χ2n) is 7.85. The van der Waals surface area contributed by atoms with E-state index >= 15 is 0 Å². The zero-order chi connectivity index (χ0) is 17.3. The van der Waals surface area contributed by atoms with Gasteiger partial charge in [-0.15, -0.1) is 0 Å². The first kappa shape index (κ1) is 16.9. The topological polar surface area (TPSA) is 40.5 Å². The van der Waals surface area contributed by atoms with Crippen LogP contribution in [0.2, 0.25) is 0 Å². The van der Waals surface area contributed by atoms with Gasteiger partial charge in [0, 0.05) is 0 Å². The molecule has 1 aliphatic carbocycles. The van der Waals surface area contributed by atoms with E-state index in [0.29, 0.717) is 23.3 Å². The minimum absolute atomic E-state index is 0.157. The van der Waals surface area contributed by atoms with Crippen LogP contribution in [0, 0.1) is 11.8 Å². The summed E-state index contributed by atoms with van der Waals surface area (Å²) in [5.74, 6) is 2.42. The molecule has 4 unspecified atom stereocenters. The van der Waals surface area contributed by atoms with E-state index in [1.165, 1.54) is 24.0 Å². The number of hydrogen-bond donors (Lipinski definition) is 2. The van der Waals surface area contributed by atoms with E-state index in [2.05, 4.69) is 32.9 Å². The Bertz CT molecular complexity index is 674. The number of phenolic OH excluding ortho intramolecular Hbond substituents is 2. The molecule has 0 saturated heterocycles. The maximum atomic E-state index is 9.66. The molecule has 0 amide bonds. The third-order valence-electron chi connectivity index (χ3n) is 5.99. The van der Waals surface area contributed by atoms with Gasteiger partial charge in [0.05, 0.1) is 0 Å². The van der Waals surface area contributed by atoms with Crippen LogP contribution >= 0.6 is 0 Å². The first-order valence-corrected chi connectivity index (χ1v) is 8.99. The van der Waals surface area contributed by atoms with E-state index in [4.69, 9.17) is 0 Å². The highest BCUT2D eigenvalue weighted by molar-refractivity contribution is 5.35. The number of benzene rings is 2. The first-order valence-electron chi connectivity index (χ1n) is 8.99. The Hall–Kier alpha value is -1.96. The standard InChI is InChI=1S/C22H28O2/c1-15-12-17(3)22(13-15,19-6-10-21(24)11-7-19)14-16(2)18-4-8-20(23)9-5-18/h4-11,15-17,23-24H,12-14H2,1-3H3. The average molecular weight is 324 g/mol. The van der Waals surface area contributed by atoms with Gasteiger partial charge in [-0.3, -0.25) is 0 Å². The van der Waals surface area contributed by atoms with Crippen molar-refractivity contribution in [2.45, 2.75) is 51.4 Å². The van der Waals surface area contributed by atoms with Crippen molar-refractivity contribution in [2.24, 2.45) is 11.8 Å². The van der Waals surface area contributed by atoms with Crippen LogP contribution in [0.4, 0.5) is 0 Å². The number of rotatable bonds is 4. The van der Waals surface area contributed by atoms with Crippen LogP contribution in [0.5, 0.6) is 11.5 Å². The largest absolute Gasteiger partial charge is 0.508 e. The van der Waals surface area contributed by atoms with Crippen molar-refractivity contribution in [3.8, 4) is 11.5 Å². The van der Waals surface area contributed by atoms with Gasteiger partial charge in [0.1, 0.15) is 11.5 Å². The zero-order valence-electron chi connectivity index (χ0n) is 14.9. The van der Waals surface area contributed by atoms with Gasteiger partial charge in [-0.2, -0.15) is 0 Å². The minimum atomic E-state index is 0.157. The number of aromatic hydroxyl groups is 2. The number of hydrogen-bond acceptors (Lipinski definition) is 2. The average Bonchev–Trinajstić information content (AvgIpc) is 2.83. The maximum Gasteiger partial charge on any atom is 0.115 e. The van der Waals surface area contributed by atoms with Gasteiger partial charge < -0.3 is 10.2 Å². The van der Waals surface area contributed by atoms with E-state index in [1.807, 2.05) is 24.3 Å². The highest BCUT2D eigenvalue weighted by atomic mass is 16.3. The molecular weight excluding hydrogens is 296 g/mol. The number of phenols is 2. The molecule has 24 heavy (non-hydrogen) atoms. The van der Waals surface area contributed by atoms with Crippen LogP contribution < -0.4 is 0 Å². The lowest BCUT2D eigenvalue weighted by molar-refractivity contribution is 0.291. The molecule has 4 atom stereocenters. The summed E-state index contributed by atoms with van der Waals surface area (Å²) in [6.45, 7) is 7.01. The molecule has 2 N–H and O–H groups in total. The molecule has 1 fully saturated rings. The van der Waals surface area contributed by atoms with E-state index in [1.54, 1.807) is 12.1 Å². The van der Waals surface area contributed by atoms with Crippen LogP contribution in [0.15, 0.2) is 48.5 Å². The lowest BCUT2D eigenvalue weighted by Gasteiger charge is -2.37. The minimum Gasteiger partial charge on any atom is -0.508 e. The Kier molecular flexibility index (Phi) is 4.58. The molecule has 2 heteroatoms. The van der Waals surface area contributed by atoms with Crippen molar-refractivity contribution < 1.29 is 10.2 Å². The van der Waals surface area contributed by atoms with Gasteiger partial charge in [-0.25, -0.2) is 0 Å². The molecule has 1 saturated carbocycles. The van der Waals surface area contributed by atoms with Gasteiger partial charge in [-0.05, 0) is 77.8 Å². The molecule has 0 bridgehead atoms. The smallest absolute Gasteiger partial charge is 0.115 e. The lowest BCUT2D eigenvalue weighted by Crippen LogP contribution is -2.31. The quantitative estimate of drug-likeness (QED) is 0.769. The van der Waals surface area contributed by atoms with E-state index < -0.39 is 0 Å². The van der Waals surface area contributed by atoms with Gasteiger partial charge in [-0.1, -0.05) is 45.0 Å². The fourth-order valence-corrected chi connectivity index (χ4v) is 4.80. The summed E-state index contributed by atoms with van der Waals surface area (Å²) in [6, 6.07) is 15.5. The predicted molar refractivity (Wildman–Crippen MR) is 98.5 cm³/mol. The Morgan fingerprint density at radius 2 is 1.50 bits per heavy atom.